The van der Waals surface area contributed by atoms with Crippen molar-refractivity contribution in [2.75, 3.05) is 5.32 Å². The molecule has 0 fully saturated rings. The van der Waals surface area contributed by atoms with Crippen LogP contribution in [0.25, 0.3) is 11.3 Å². The first-order chi connectivity index (χ1) is 14.6. The quantitative estimate of drug-likeness (QED) is 0.480. The number of benzene rings is 2. The monoisotopic (exact) mass is 423 g/mol. The predicted molar refractivity (Wildman–Crippen MR) is 114 cm³/mol. The predicted octanol–water partition coefficient (Wildman–Crippen LogP) is 3.53. The highest BCUT2D eigenvalue weighted by Crippen LogP contribution is 2.25. The Labute approximate surface area is 175 Å². The van der Waals surface area contributed by atoms with Gasteiger partial charge in [0.1, 0.15) is 5.82 Å². The summed E-state index contributed by atoms with van der Waals surface area (Å²) in [6, 6.07) is 14.8. The Hall–Kier alpha value is -3.46. The molecule has 30 heavy (non-hydrogen) atoms. The Morgan fingerprint density at radius 1 is 1.10 bits per heavy atom. The molecule has 152 valence electrons. The summed E-state index contributed by atoms with van der Waals surface area (Å²) in [5, 5.41) is 10.9. The van der Waals surface area contributed by atoms with Gasteiger partial charge in [0.25, 0.3) is 0 Å². The number of halogens is 1. The highest BCUT2D eigenvalue weighted by atomic mass is 32.2. The van der Waals surface area contributed by atoms with Crippen LogP contribution in [0.2, 0.25) is 0 Å². The molecule has 4 rings (SSSR count). The molecule has 0 radical (unpaired) electrons. The number of anilines is 1. The van der Waals surface area contributed by atoms with Crippen LogP contribution in [0.3, 0.4) is 0 Å². The zero-order chi connectivity index (χ0) is 21.1. The molecule has 0 aliphatic carbocycles. The number of aromatic nitrogens is 4. The molecule has 0 aliphatic heterocycles. The first kappa shape index (κ1) is 19.8. The van der Waals surface area contributed by atoms with Crippen LogP contribution in [0.1, 0.15) is 13.3 Å². The van der Waals surface area contributed by atoms with E-state index in [1.807, 2.05) is 37.3 Å². The number of rotatable bonds is 6. The normalized spacial score (nSPS) is 12.1. The summed E-state index contributed by atoms with van der Waals surface area (Å²) in [7, 11) is 0. The zero-order valence-corrected chi connectivity index (χ0v) is 16.8. The molecular weight excluding hydrogens is 405 g/mol. The van der Waals surface area contributed by atoms with Crippen molar-refractivity contribution in [3.63, 3.8) is 0 Å². The molecule has 0 bridgehead atoms. The molecule has 1 N–H and O–H groups in total. The van der Waals surface area contributed by atoms with Gasteiger partial charge in [0.05, 0.1) is 5.25 Å². The van der Waals surface area contributed by atoms with Crippen molar-refractivity contribution in [2.24, 2.45) is 0 Å². The van der Waals surface area contributed by atoms with Gasteiger partial charge < -0.3 is 5.32 Å². The van der Waals surface area contributed by atoms with Crippen LogP contribution in [-0.2, 0) is 4.79 Å². The lowest BCUT2D eigenvalue weighted by Gasteiger charge is -2.14. The van der Waals surface area contributed by atoms with Gasteiger partial charge in [-0.2, -0.15) is 0 Å². The fourth-order valence-electron chi connectivity index (χ4n) is 2.94. The molecule has 7 nitrogen and oxygen atoms in total. The molecule has 1 atom stereocenters. The molecule has 0 saturated carbocycles. The number of thioether (sulfide) groups is 1. The van der Waals surface area contributed by atoms with Gasteiger partial charge in [0.15, 0.2) is 5.16 Å². The van der Waals surface area contributed by atoms with Crippen molar-refractivity contribution in [1.29, 1.82) is 0 Å². The number of nitrogens with one attached hydrogen (secondary N) is 1. The van der Waals surface area contributed by atoms with E-state index in [9.17, 15) is 14.0 Å². The maximum absolute atomic E-state index is 13.1. The lowest BCUT2D eigenvalue weighted by atomic mass is 10.2. The van der Waals surface area contributed by atoms with Crippen LogP contribution in [-0.4, -0.2) is 30.3 Å². The second kappa shape index (κ2) is 8.50. The van der Waals surface area contributed by atoms with Gasteiger partial charge in [-0.05, 0) is 42.8 Å². The highest BCUT2D eigenvalue weighted by molar-refractivity contribution is 8.00. The fourth-order valence-corrected chi connectivity index (χ4v) is 3.88. The SMILES string of the molecule is CCC(Sc1nnc2c(=O)n(-c3ccccc3)ccn12)C(=O)Nc1ccc(F)cc1. The van der Waals surface area contributed by atoms with E-state index >= 15 is 0 Å². The minimum atomic E-state index is -0.459. The Morgan fingerprint density at radius 2 is 1.83 bits per heavy atom. The van der Waals surface area contributed by atoms with Gasteiger partial charge in [-0.25, -0.2) is 4.39 Å². The lowest BCUT2D eigenvalue weighted by molar-refractivity contribution is -0.115. The standard InChI is InChI=1S/C21H18FN5O2S/c1-2-17(19(28)23-15-10-8-14(22)9-11-15)30-21-25-24-18-20(29)26(12-13-27(18)21)16-6-4-3-5-7-16/h3-13,17H,2H2,1H3,(H,23,28). The van der Waals surface area contributed by atoms with Crippen molar-refractivity contribution in [2.45, 2.75) is 23.8 Å². The molecule has 1 amide bonds. The van der Waals surface area contributed by atoms with Crippen LogP contribution in [0.15, 0.2) is 76.9 Å². The van der Waals surface area contributed by atoms with Crippen molar-refractivity contribution in [3.8, 4) is 5.69 Å². The number of hydrogen-bond acceptors (Lipinski definition) is 5. The van der Waals surface area contributed by atoms with Gasteiger partial charge in [0.2, 0.25) is 11.6 Å². The summed E-state index contributed by atoms with van der Waals surface area (Å²) in [5.74, 6) is -0.603. The lowest BCUT2D eigenvalue weighted by Crippen LogP contribution is -2.25. The third-order valence-electron chi connectivity index (χ3n) is 4.50. The Morgan fingerprint density at radius 3 is 2.53 bits per heavy atom. The van der Waals surface area contributed by atoms with E-state index in [-0.39, 0.29) is 22.9 Å². The maximum Gasteiger partial charge on any atom is 0.300 e. The average molecular weight is 423 g/mol. The number of carbonyl (C=O) groups excluding carboxylic acids is 1. The van der Waals surface area contributed by atoms with E-state index in [4.69, 9.17) is 0 Å². The van der Waals surface area contributed by atoms with Gasteiger partial charge in [-0.1, -0.05) is 36.9 Å². The summed E-state index contributed by atoms with van der Waals surface area (Å²) in [4.78, 5) is 25.5. The molecule has 0 aliphatic rings. The number of amides is 1. The van der Waals surface area contributed by atoms with Crippen LogP contribution in [0.5, 0.6) is 0 Å². The molecule has 2 aromatic carbocycles. The summed E-state index contributed by atoms with van der Waals surface area (Å²) >= 11 is 1.22. The second-order valence-corrected chi connectivity index (χ2v) is 7.67. The molecule has 2 aromatic heterocycles. The number of fused-ring (bicyclic) bond motifs is 1. The van der Waals surface area contributed by atoms with E-state index in [0.717, 1.165) is 5.69 Å². The summed E-state index contributed by atoms with van der Waals surface area (Å²) in [5.41, 5.74) is 1.12. The molecule has 9 heteroatoms. The van der Waals surface area contributed by atoms with E-state index in [1.165, 1.54) is 40.6 Å². The Kier molecular flexibility index (Phi) is 5.62. The van der Waals surface area contributed by atoms with Gasteiger partial charge >= 0.3 is 5.56 Å². The van der Waals surface area contributed by atoms with Crippen LogP contribution in [0.4, 0.5) is 10.1 Å². The first-order valence-electron chi connectivity index (χ1n) is 9.31. The van der Waals surface area contributed by atoms with Gasteiger partial charge in [-0.3, -0.25) is 18.6 Å². The van der Waals surface area contributed by atoms with Gasteiger partial charge in [0, 0.05) is 23.8 Å². The van der Waals surface area contributed by atoms with Crippen molar-refractivity contribution in [1.82, 2.24) is 19.2 Å². The van der Waals surface area contributed by atoms with Crippen molar-refractivity contribution in [3.05, 3.63) is 83.2 Å². The molecule has 1 unspecified atom stereocenters. The van der Waals surface area contributed by atoms with E-state index in [0.29, 0.717) is 17.3 Å². The smallest absolute Gasteiger partial charge is 0.300 e. The highest BCUT2D eigenvalue weighted by Gasteiger charge is 2.22. The van der Waals surface area contributed by atoms with Crippen molar-refractivity contribution >= 4 is 29.0 Å². The fraction of sp³-hybridized carbons (Fsp3) is 0.143. The second-order valence-electron chi connectivity index (χ2n) is 6.50. The first-order valence-corrected chi connectivity index (χ1v) is 10.2. The van der Waals surface area contributed by atoms with E-state index in [1.54, 1.807) is 16.8 Å². The Bertz CT molecular complexity index is 1240. The number of carbonyl (C=O) groups is 1. The van der Waals surface area contributed by atoms with Gasteiger partial charge in [-0.15, -0.1) is 10.2 Å². The van der Waals surface area contributed by atoms with E-state index < -0.39 is 5.25 Å². The molecular formula is C21H18FN5O2S. The summed E-state index contributed by atoms with van der Waals surface area (Å²) in [6.07, 6.45) is 3.89. The number of nitrogens with zero attached hydrogens (tertiary/aromatic N) is 4. The van der Waals surface area contributed by atoms with E-state index in [2.05, 4.69) is 15.5 Å². The van der Waals surface area contributed by atoms with Crippen LogP contribution in [0, 0.1) is 5.82 Å². The summed E-state index contributed by atoms with van der Waals surface area (Å²) < 4.78 is 16.1. The van der Waals surface area contributed by atoms with Crippen molar-refractivity contribution < 1.29 is 9.18 Å². The third kappa shape index (κ3) is 3.97. The third-order valence-corrected chi connectivity index (χ3v) is 5.82. The topological polar surface area (TPSA) is 81.3 Å². The minimum absolute atomic E-state index is 0.178. The number of para-hydroxylation sites is 1. The molecule has 4 aromatic rings. The zero-order valence-electron chi connectivity index (χ0n) is 16.0. The minimum Gasteiger partial charge on any atom is -0.325 e. The Balaban J connectivity index is 1.58. The summed E-state index contributed by atoms with van der Waals surface area (Å²) in [6.45, 7) is 1.88. The largest absolute Gasteiger partial charge is 0.325 e. The molecule has 2 heterocycles. The van der Waals surface area contributed by atoms with Crippen LogP contribution >= 0.6 is 11.8 Å². The average Bonchev–Trinajstić information content (AvgIpc) is 3.18. The maximum atomic E-state index is 13.1. The molecule has 0 saturated heterocycles. The van der Waals surface area contributed by atoms with Crippen LogP contribution < -0.4 is 10.9 Å². The molecule has 0 spiro atoms. The number of hydrogen-bond donors (Lipinski definition) is 1.